The number of halogens is 1. The SMILES string of the molecule is CC(=O)c1cccc(NCC(=O)Nc2cccc(Br)c2)c1. The van der Waals surface area contributed by atoms with E-state index < -0.39 is 0 Å². The van der Waals surface area contributed by atoms with Crippen molar-refractivity contribution in [2.75, 3.05) is 17.2 Å². The second kappa shape index (κ2) is 7.04. The van der Waals surface area contributed by atoms with Crippen LogP contribution in [0.3, 0.4) is 0 Å². The van der Waals surface area contributed by atoms with Crippen molar-refractivity contribution in [3.8, 4) is 0 Å². The molecule has 0 atom stereocenters. The van der Waals surface area contributed by atoms with E-state index in [1.54, 1.807) is 18.2 Å². The van der Waals surface area contributed by atoms with Crippen LogP contribution >= 0.6 is 15.9 Å². The molecule has 1 amide bonds. The summed E-state index contributed by atoms with van der Waals surface area (Å²) < 4.78 is 0.905. The van der Waals surface area contributed by atoms with E-state index in [4.69, 9.17) is 0 Å². The van der Waals surface area contributed by atoms with Crippen LogP contribution in [0.4, 0.5) is 11.4 Å². The molecule has 0 spiro atoms. The topological polar surface area (TPSA) is 58.2 Å². The van der Waals surface area contributed by atoms with Crippen molar-refractivity contribution in [2.24, 2.45) is 0 Å². The molecule has 0 saturated heterocycles. The monoisotopic (exact) mass is 346 g/mol. The van der Waals surface area contributed by atoms with Crippen LogP contribution in [0.25, 0.3) is 0 Å². The van der Waals surface area contributed by atoms with E-state index in [0.717, 1.165) is 15.8 Å². The van der Waals surface area contributed by atoms with Crippen LogP contribution < -0.4 is 10.6 Å². The molecule has 0 aromatic heterocycles. The minimum absolute atomic E-state index is 0.00256. The van der Waals surface area contributed by atoms with Crippen LogP contribution in [0.1, 0.15) is 17.3 Å². The van der Waals surface area contributed by atoms with E-state index in [1.165, 1.54) is 6.92 Å². The fourth-order valence-corrected chi connectivity index (χ4v) is 2.20. The maximum atomic E-state index is 11.9. The van der Waals surface area contributed by atoms with Gasteiger partial charge in [-0.3, -0.25) is 9.59 Å². The molecule has 2 aromatic carbocycles. The molecule has 2 aromatic rings. The van der Waals surface area contributed by atoms with Crippen LogP contribution in [-0.2, 0) is 4.79 Å². The standard InChI is InChI=1S/C16H15BrN2O2/c1-11(20)12-4-2-6-14(8-12)18-10-16(21)19-15-7-3-5-13(17)9-15/h2-9,18H,10H2,1H3,(H,19,21). The van der Waals surface area contributed by atoms with Crippen molar-refractivity contribution in [3.63, 3.8) is 0 Å². The van der Waals surface area contributed by atoms with Crippen molar-refractivity contribution in [1.82, 2.24) is 0 Å². The van der Waals surface area contributed by atoms with Crippen LogP contribution in [0.5, 0.6) is 0 Å². The third kappa shape index (κ3) is 4.72. The number of hydrogen-bond donors (Lipinski definition) is 2. The molecule has 5 heteroatoms. The lowest BCUT2D eigenvalue weighted by Crippen LogP contribution is -2.21. The molecule has 0 heterocycles. The van der Waals surface area contributed by atoms with Crippen molar-refractivity contribution < 1.29 is 9.59 Å². The molecular formula is C16H15BrN2O2. The first-order chi connectivity index (χ1) is 10.0. The molecule has 108 valence electrons. The van der Waals surface area contributed by atoms with Crippen molar-refractivity contribution >= 4 is 39.0 Å². The fourth-order valence-electron chi connectivity index (χ4n) is 1.80. The lowest BCUT2D eigenvalue weighted by Gasteiger charge is -2.09. The molecule has 0 aliphatic heterocycles. The average molecular weight is 347 g/mol. The second-order valence-electron chi connectivity index (χ2n) is 4.55. The number of amides is 1. The van der Waals surface area contributed by atoms with Gasteiger partial charge in [0.25, 0.3) is 0 Å². The fraction of sp³-hybridized carbons (Fsp3) is 0.125. The summed E-state index contributed by atoms with van der Waals surface area (Å²) in [6.45, 7) is 1.65. The van der Waals surface area contributed by atoms with E-state index in [2.05, 4.69) is 26.6 Å². The van der Waals surface area contributed by atoms with E-state index in [1.807, 2.05) is 30.3 Å². The minimum Gasteiger partial charge on any atom is -0.376 e. The summed E-state index contributed by atoms with van der Waals surface area (Å²) >= 11 is 3.35. The Bertz CT molecular complexity index is 671. The highest BCUT2D eigenvalue weighted by atomic mass is 79.9. The third-order valence-corrected chi connectivity index (χ3v) is 3.32. The first kappa shape index (κ1) is 15.3. The van der Waals surface area contributed by atoms with Gasteiger partial charge in [0.1, 0.15) is 0 Å². The Kier molecular flexibility index (Phi) is 5.11. The number of benzene rings is 2. The Morgan fingerprint density at radius 3 is 2.48 bits per heavy atom. The number of carbonyl (C=O) groups excluding carboxylic acids is 2. The average Bonchev–Trinajstić information content (AvgIpc) is 2.45. The third-order valence-electron chi connectivity index (χ3n) is 2.83. The van der Waals surface area contributed by atoms with E-state index in [0.29, 0.717) is 5.56 Å². The lowest BCUT2D eigenvalue weighted by atomic mass is 10.1. The van der Waals surface area contributed by atoms with Crippen LogP contribution in [0.2, 0.25) is 0 Å². The van der Waals surface area contributed by atoms with Crippen LogP contribution in [-0.4, -0.2) is 18.2 Å². The molecule has 2 N–H and O–H groups in total. The largest absolute Gasteiger partial charge is 0.376 e. The Hall–Kier alpha value is -2.14. The smallest absolute Gasteiger partial charge is 0.243 e. The van der Waals surface area contributed by atoms with Crippen LogP contribution in [0, 0.1) is 0 Å². The Labute approximate surface area is 131 Å². The predicted molar refractivity (Wildman–Crippen MR) is 87.7 cm³/mol. The van der Waals surface area contributed by atoms with Gasteiger partial charge >= 0.3 is 0 Å². The molecule has 0 unspecified atom stereocenters. The molecule has 0 radical (unpaired) electrons. The molecule has 0 bridgehead atoms. The summed E-state index contributed by atoms with van der Waals surface area (Å²) in [6.07, 6.45) is 0. The molecule has 0 fully saturated rings. The van der Waals surface area contributed by atoms with Crippen molar-refractivity contribution in [1.29, 1.82) is 0 Å². The summed E-state index contributed by atoms with van der Waals surface area (Å²) in [7, 11) is 0. The van der Waals surface area contributed by atoms with Gasteiger partial charge in [-0.05, 0) is 37.3 Å². The first-order valence-corrected chi connectivity index (χ1v) is 7.24. The zero-order valence-electron chi connectivity index (χ0n) is 11.5. The van der Waals surface area contributed by atoms with Gasteiger partial charge in [-0.1, -0.05) is 34.1 Å². The zero-order chi connectivity index (χ0) is 15.2. The highest BCUT2D eigenvalue weighted by Crippen LogP contribution is 2.15. The first-order valence-electron chi connectivity index (χ1n) is 6.45. The summed E-state index contributed by atoms with van der Waals surface area (Å²) in [4.78, 5) is 23.2. The van der Waals surface area contributed by atoms with Gasteiger partial charge < -0.3 is 10.6 Å². The number of nitrogens with one attached hydrogen (secondary N) is 2. The zero-order valence-corrected chi connectivity index (χ0v) is 13.1. The van der Waals surface area contributed by atoms with Gasteiger partial charge in [0, 0.05) is 21.4 Å². The molecule has 0 aliphatic carbocycles. The summed E-state index contributed by atoms with van der Waals surface area (Å²) in [5.74, 6) is -0.154. The number of Topliss-reactive ketones (excluding diaryl/α,β-unsaturated/α-hetero) is 1. The van der Waals surface area contributed by atoms with E-state index >= 15 is 0 Å². The van der Waals surface area contributed by atoms with Gasteiger partial charge in [-0.25, -0.2) is 0 Å². The number of hydrogen-bond acceptors (Lipinski definition) is 3. The van der Waals surface area contributed by atoms with Crippen molar-refractivity contribution in [2.45, 2.75) is 6.92 Å². The normalized spacial score (nSPS) is 10.0. The Morgan fingerprint density at radius 2 is 1.76 bits per heavy atom. The summed E-state index contributed by atoms with van der Waals surface area (Å²) in [5.41, 5.74) is 2.09. The Morgan fingerprint density at radius 1 is 1.05 bits per heavy atom. The van der Waals surface area contributed by atoms with Gasteiger partial charge in [0.2, 0.25) is 5.91 Å². The molecule has 0 aliphatic rings. The van der Waals surface area contributed by atoms with E-state index in [9.17, 15) is 9.59 Å². The molecule has 21 heavy (non-hydrogen) atoms. The van der Waals surface area contributed by atoms with Gasteiger partial charge in [0.05, 0.1) is 6.54 Å². The maximum Gasteiger partial charge on any atom is 0.243 e. The van der Waals surface area contributed by atoms with E-state index in [-0.39, 0.29) is 18.2 Å². The second-order valence-corrected chi connectivity index (χ2v) is 5.46. The maximum absolute atomic E-state index is 11.9. The van der Waals surface area contributed by atoms with Gasteiger partial charge in [-0.15, -0.1) is 0 Å². The lowest BCUT2D eigenvalue weighted by molar-refractivity contribution is -0.114. The predicted octanol–water partition coefficient (Wildman–Crippen LogP) is 3.70. The summed E-state index contributed by atoms with van der Waals surface area (Å²) in [6, 6.07) is 14.5. The number of carbonyl (C=O) groups is 2. The quantitative estimate of drug-likeness (QED) is 0.811. The molecular weight excluding hydrogens is 332 g/mol. The number of rotatable bonds is 5. The van der Waals surface area contributed by atoms with Crippen molar-refractivity contribution in [3.05, 3.63) is 58.6 Å². The number of ketones is 1. The Balaban J connectivity index is 1.92. The van der Waals surface area contributed by atoms with Gasteiger partial charge in [-0.2, -0.15) is 0 Å². The number of anilines is 2. The summed E-state index contributed by atoms with van der Waals surface area (Å²) in [5, 5.41) is 5.79. The van der Waals surface area contributed by atoms with Crippen LogP contribution in [0.15, 0.2) is 53.0 Å². The minimum atomic E-state index is -0.152. The molecule has 2 rings (SSSR count). The highest BCUT2D eigenvalue weighted by molar-refractivity contribution is 9.10. The van der Waals surface area contributed by atoms with Gasteiger partial charge in [0.15, 0.2) is 5.78 Å². The molecule has 4 nitrogen and oxygen atoms in total. The highest BCUT2D eigenvalue weighted by Gasteiger charge is 2.04. The molecule has 0 saturated carbocycles.